The number of hydrogen-bond acceptors (Lipinski definition) is 8. The zero-order chi connectivity index (χ0) is 30.8. The predicted molar refractivity (Wildman–Crippen MR) is 171 cm³/mol. The van der Waals surface area contributed by atoms with Gasteiger partial charge in [0.15, 0.2) is 6.61 Å². The summed E-state index contributed by atoms with van der Waals surface area (Å²) in [6.45, 7) is 13.8. The maximum Gasteiger partial charge on any atom is 0.343 e. The lowest BCUT2D eigenvalue weighted by atomic mass is 9.77. The van der Waals surface area contributed by atoms with E-state index in [4.69, 9.17) is 14.5 Å². The number of nitrogens with zero attached hydrogens (tertiary/aromatic N) is 6. The van der Waals surface area contributed by atoms with E-state index in [0.717, 1.165) is 42.8 Å². The highest BCUT2D eigenvalue weighted by Crippen LogP contribution is 2.41. The van der Waals surface area contributed by atoms with E-state index in [2.05, 4.69) is 55.3 Å². The number of likely N-dealkylation sites (tertiary alicyclic amines) is 2. The third-order valence-corrected chi connectivity index (χ3v) is 9.69. The third-order valence-electron chi connectivity index (χ3n) is 9.69. The molecule has 0 amide bonds. The Morgan fingerprint density at radius 3 is 2.61 bits per heavy atom. The Morgan fingerprint density at radius 1 is 1.05 bits per heavy atom. The maximum absolute atomic E-state index is 11.5. The van der Waals surface area contributed by atoms with Gasteiger partial charge in [-0.1, -0.05) is 26.0 Å². The molecule has 2 saturated heterocycles. The molecule has 2 aliphatic heterocycles. The van der Waals surface area contributed by atoms with Gasteiger partial charge >= 0.3 is 5.97 Å². The molecule has 0 bridgehead atoms. The van der Waals surface area contributed by atoms with Crippen LogP contribution in [0.15, 0.2) is 49.1 Å². The van der Waals surface area contributed by atoms with Crippen LogP contribution in [0.4, 0.5) is 0 Å². The molecular weight excluding hydrogens is 554 g/mol. The number of rotatable bonds is 16. The van der Waals surface area contributed by atoms with Crippen LogP contribution in [-0.2, 0) is 35.7 Å². The molecule has 4 heterocycles. The van der Waals surface area contributed by atoms with E-state index in [-0.39, 0.29) is 6.61 Å². The number of hydrogen-bond donors (Lipinski definition) is 1. The van der Waals surface area contributed by atoms with Gasteiger partial charge in [-0.15, -0.1) is 0 Å². The highest BCUT2D eigenvalue weighted by Gasteiger charge is 2.40. The Hall–Kier alpha value is -3.21. The first kappa shape index (κ1) is 32.2. The highest BCUT2D eigenvalue weighted by atomic mass is 16.6. The number of H-pyrrole nitrogens is 1. The molecule has 2 aliphatic rings. The molecule has 0 atom stereocenters. The minimum Gasteiger partial charge on any atom is -0.482 e. The van der Waals surface area contributed by atoms with Crippen LogP contribution in [0.2, 0.25) is 0 Å². The number of piperidine rings is 1. The van der Waals surface area contributed by atoms with Gasteiger partial charge in [0.05, 0.1) is 20.2 Å². The molecule has 0 saturated carbocycles. The normalized spacial score (nSPS) is 17.2. The lowest BCUT2D eigenvalue weighted by Gasteiger charge is -2.42. The molecule has 44 heavy (non-hydrogen) atoms. The molecule has 1 aromatic carbocycles. The van der Waals surface area contributed by atoms with Crippen molar-refractivity contribution in [3.8, 4) is 5.75 Å². The quantitative estimate of drug-likeness (QED) is 0.235. The minimum absolute atomic E-state index is 0.108. The topological polar surface area (TPSA) is 91.8 Å². The molecule has 2 fully saturated rings. The number of ether oxygens (including phenoxy) is 2. The average Bonchev–Trinajstić information content (AvgIpc) is 3.81. The molecular formula is C34H51N7O3. The van der Waals surface area contributed by atoms with Crippen LogP contribution in [0.5, 0.6) is 5.75 Å². The van der Waals surface area contributed by atoms with Crippen LogP contribution >= 0.6 is 0 Å². The van der Waals surface area contributed by atoms with E-state index in [0.29, 0.717) is 30.8 Å². The van der Waals surface area contributed by atoms with Crippen molar-refractivity contribution in [3.63, 3.8) is 0 Å². The zero-order valence-electron chi connectivity index (χ0n) is 26.9. The van der Waals surface area contributed by atoms with E-state index >= 15 is 0 Å². The average molecular weight is 606 g/mol. The monoisotopic (exact) mass is 605 g/mol. The number of aryl methyl sites for hydroxylation is 1. The van der Waals surface area contributed by atoms with Crippen molar-refractivity contribution < 1.29 is 14.3 Å². The number of esters is 1. The van der Waals surface area contributed by atoms with Gasteiger partial charge in [0.1, 0.15) is 17.4 Å². The summed E-state index contributed by atoms with van der Waals surface area (Å²) in [5.41, 5.74) is 1.63. The SMILES string of the molecule is CCC(CC)N1CCC2(CCN(CCCn3ccnc3CN(Cc3cccc(OCC(=O)OC)c3)Cc3ncc[nH]3)C2)CC1. The fraction of sp³-hybridized carbons (Fsp3) is 0.618. The van der Waals surface area contributed by atoms with Crippen LogP contribution in [0.25, 0.3) is 0 Å². The van der Waals surface area contributed by atoms with Gasteiger partial charge in [0.25, 0.3) is 0 Å². The summed E-state index contributed by atoms with van der Waals surface area (Å²) in [6.07, 6.45) is 15.4. The van der Waals surface area contributed by atoms with Crippen molar-refractivity contribution in [1.82, 2.24) is 34.2 Å². The number of nitrogens with one attached hydrogen (secondary N) is 1. The van der Waals surface area contributed by atoms with Gasteiger partial charge in [0, 0.05) is 50.5 Å². The Balaban J connectivity index is 1.14. The van der Waals surface area contributed by atoms with Gasteiger partial charge in [-0.25, -0.2) is 14.8 Å². The Morgan fingerprint density at radius 2 is 1.86 bits per heavy atom. The number of aromatic amines is 1. The molecule has 1 N–H and O–H groups in total. The Labute approximate surface area is 262 Å². The summed E-state index contributed by atoms with van der Waals surface area (Å²) in [4.78, 5) is 31.8. The molecule has 2 aromatic heterocycles. The van der Waals surface area contributed by atoms with Crippen molar-refractivity contribution in [2.75, 3.05) is 46.4 Å². The van der Waals surface area contributed by atoms with Crippen LogP contribution in [0.1, 0.15) is 69.6 Å². The van der Waals surface area contributed by atoms with E-state index < -0.39 is 5.97 Å². The summed E-state index contributed by atoms with van der Waals surface area (Å²) in [6, 6.07) is 8.62. The Bertz CT molecular complexity index is 1280. The number of methoxy groups -OCH3 is 1. The van der Waals surface area contributed by atoms with Gasteiger partial charge in [0.2, 0.25) is 0 Å². The molecule has 0 radical (unpaired) electrons. The second-order valence-corrected chi connectivity index (χ2v) is 12.6. The van der Waals surface area contributed by atoms with Crippen molar-refractivity contribution in [3.05, 3.63) is 66.3 Å². The number of aromatic nitrogens is 4. The van der Waals surface area contributed by atoms with E-state index in [1.54, 1.807) is 6.20 Å². The second-order valence-electron chi connectivity index (χ2n) is 12.6. The summed E-state index contributed by atoms with van der Waals surface area (Å²) in [7, 11) is 1.36. The van der Waals surface area contributed by atoms with Crippen molar-refractivity contribution in [2.24, 2.45) is 5.41 Å². The smallest absolute Gasteiger partial charge is 0.343 e. The van der Waals surface area contributed by atoms with Crippen LogP contribution in [-0.4, -0.2) is 92.7 Å². The minimum atomic E-state index is -0.399. The second kappa shape index (κ2) is 15.7. The summed E-state index contributed by atoms with van der Waals surface area (Å²) >= 11 is 0. The van der Waals surface area contributed by atoms with E-state index in [1.165, 1.54) is 65.4 Å². The number of carbonyl (C=O) groups excluding carboxylic acids is 1. The lowest BCUT2D eigenvalue weighted by molar-refractivity contribution is -0.142. The molecule has 3 aromatic rings. The van der Waals surface area contributed by atoms with Crippen LogP contribution in [0, 0.1) is 5.41 Å². The lowest BCUT2D eigenvalue weighted by Crippen LogP contribution is -2.45. The molecule has 10 nitrogen and oxygen atoms in total. The molecule has 0 unspecified atom stereocenters. The van der Waals surface area contributed by atoms with Crippen molar-refractivity contribution in [1.29, 1.82) is 0 Å². The number of imidazole rings is 2. The highest BCUT2D eigenvalue weighted by molar-refractivity contribution is 5.70. The fourth-order valence-electron chi connectivity index (χ4n) is 7.11. The molecule has 5 rings (SSSR count). The first-order valence-electron chi connectivity index (χ1n) is 16.4. The number of carbonyl (C=O) groups is 1. The van der Waals surface area contributed by atoms with Crippen LogP contribution in [0.3, 0.4) is 0 Å². The summed E-state index contributed by atoms with van der Waals surface area (Å²) < 4.78 is 12.6. The fourth-order valence-corrected chi connectivity index (χ4v) is 7.11. The molecule has 10 heteroatoms. The summed E-state index contributed by atoms with van der Waals surface area (Å²) in [5, 5.41) is 0. The standard InChI is InChI=1S/C34H51N7O3/c1-4-29(5-2)40-19-11-34(12-20-40)10-18-38(27-34)16-7-17-41-21-15-37-32(41)25-39(24-31-35-13-14-36-31)23-28-8-6-9-30(22-28)44-26-33(42)43-3/h6,8-9,13-15,21-22,29H,4-5,7,10-12,16-20,23-27H2,1-3H3,(H,35,36). The molecule has 0 aliphatic carbocycles. The predicted octanol–water partition coefficient (Wildman–Crippen LogP) is 4.73. The Kier molecular flexibility index (Phi) is 11.5. The first-order valence-corrected chi connectivity index (χ1v) is 16.4. The van der Waals surface area contributed by atoms with Gasteiger partial charge in [-0.2, -0.15) is 0 Å². The largest absolute Gasteiger partial charge is 0.482 e. The molecule has 1 spiro atoms. The van der Waals surface area contributed by atoms with Gasteiger partial charge in [-0.05, 0) is 87.8 Å². The first-order chi connectivity index (χ1) is 21.5. The van der Waals surface area contributed by atoms with Gasteiger partial charge < -0.3 is 28.8 Å². The van der Waals surface area contributed by atoms with Gasteiger partial charge in [-0.3, -0.25) is 4.90 Å². The molecule has 240 valence electrons. The van der Waals surface area contributed by atoms with Crippen molar-refractivity contribution >= 4 is 5.97 Å². The van der Waals surface area contributed by atoms with Crippen molar-refractivity contribution in [2.45, 2.75) is 84.6 Å². The van der Waals surface area contributed by atoms with E-state index in [1.807, 2.05) is 30.6 Å². The maximum atomic E-state index is 11.5. The number of benzene rings is 1. The summed E-state index contributed by atoms with van der Waals surface area (Å²) in [5.74, 6) is 2.22. The van der Waals surface area contributed by atoms with Crippen LogP contribution < -0.4 is 4.74 Å². The zero-order valence-corrected chi connectivity index (χ0v) is 26.9. The third kappa shape index (κ3) is 8.70. The van der Waals surface area contributed by atoms with E-state index in [9.17, 15) is 4.79 Å².